The number of pyridine rings is 1. The second-order valence-electron chi connectivity index (χ2n) is 7.53. The topological polar surface area (TPSA) is 51.1 Å². The van der Waals surface area contributed by atoms with E-state index in [1.807, 2.05) is 42.5 Å². The van der Waals surface area contributed by atoms with Gasteiger partial charge in [-0.2, -0.15) is 0 Å². The van der Waals surface area contributed by atoms with Crippen LogP contribution in [0.1, 0.15) is 54.9 Å². The molecule has 1 aromatic heterocycles. The standard InChI is InChI=1S/C24H26N2O2/c1-3-4-5-6-9-15-25-22-21-16-11-7-8-12-17(16)23(27)18-13-10-14-19(20(18)21)26(2)24(22)28/h7-8,10-14,25H,3-6,9,15H2,1-2H3. The van der Waals surface area contributed by atoms with Crippen molar-refractivity contribution in [2.75, 3.05) is 11.9 Å². The number of nitrogens with one attached hydrogen (secondary N) is 1. The molecular formula is C24H26N2O2. The van der Waals surface area contributed by atoms with Crippen LogP contribution in [0.3, 0.4) is 0 Å². The number of aromatic nitrogens is 1. The summed E-state index contributed by atoms with van der Waals surface area (Å²) in [6.07, 6.45) is 5.88. The Bertz CT molecular complexity index is 1110. The molecule has 0 amide bonds. The minimum Gasteiger partial charge on any atom is -0.380 e. The summed E-state index contributed by atoms with van der Waals surface area (Å²) in [5, 5.41) is 4.29. The van der Waals surface area contributed by atoms with Gasteiger partial charge in [0.25, 0.3) is 5.56 Å². The molecule has 28 heavy (non-hydrogen) atoms. The number of anilines is 1. The highest BCUT2D eigenvalue weighted by Gasteiger charge is 2.29. The molecule has 144 valence electrons. The number of fused-ring (bicyclic) bond motifs is 2. The quantitative estimate of drug-likeness (QED) is 0.456. The highest BCUT2D eigenvalue weighted by Crippen LogP contribution is 2.41. The van der Waals surface area contributed by atoms with E-state index in [0.29, 0.717) is 16.8 Å². The average molecular weight is 374 g/mol. The first-order valence-electron chi connectivity index (χ1n) is 10.2. The third-order valence-electron chi connectivity index (χ3n) is 5.69. The van der Waals surface area contributed by atoms with Crippen molar-refractivity contribution in [1.82, 2.24) is 4.57 Å². The summed E-state index contributed by atoms with van der Waals surface area (Å²) in [5.74, 6) is 0.0258. The number of benzene rings is 2. The molecule has 0 bridgehead atoms. The van der Waals surface area contributed by atoms with E-state index >= 15 is 0 Å². The molecule has 1 aliphatic carbocycles. The number of hydrogen-bond acceptors (Lipinski definition) is 3. The van der Waals surface area contributed by atoms with E-state index in [4.69, 9.17) is 0 Å². The Hall–Kier alpha value is -2.88. The predicted molar refractivity (Wildman–Crippen MR) is 115 cm³/mol. The summed E-state index contributed by atoms with van der Waals surface area (Å²) < 4.78 is 1.66. The molecule has 1 N–H and O–H groups in total. The number of carbonyl (C=O) groups is 1. The molecule has 1 aliphatic rings. The molecule has 0 aliphatic heterocycles. The van der Waals surface area contributed by atoms with Crippen LogP contribution in [0, 0.1) is 0 Å². The molecule has 4 nitrogen and oxygen atoms in total. The summed E-state index contributed by atoms with van der Waals surface area (Å²) in [6.45, 7) is 2.97. The van der Waals surface area contributed by atoms with Crippen LogP contribution >= 0.6 is 0 Å². The largest absolute Gasteiger partial charge is 0.380 e. The number of ketones is 1. The van der Waals surface area contributed by atoms with Crippen LogP contribution in [0.4, 0.5) is 5.69 Å². The Balaban J connectivity index is 1.85. The van der Waals surface area contributed by atoms with Crippen molar-refractivity contribution in [2.45, 2.75) is 39.0 Å². The van der Waals surface area contributed by atoms with Gasteiger partial charge >= 0.3 is 0 Å². The third kappa shape index (κ3) is 2.93. The van der Waals surface area contributed by atoms with Crippen molar-refractivity contribution < 1.29 is 4.79 Å². The van der Waals surface area contributed by atoms with Crippen LogP contribution in [0.25, 0.3) is 22.0 Å². The minimum absolute atomic E-state index is 0.0258. The molecule has 4 heteroatoms. The van der Waals surface area contributed by atoms with Gasteiger partial charge in [-0.1, -0.05) is 69.0 Å². The van der Waals surface area contributed by atoms with Crippen LogP contribution in [-0.4, -0.2) is 16.9 Å². The van der Waals surface area contributed by atoms with Crippen molar-refractivity contribution in [1.29, 1.82) is 0 Å². The Morgan fingerprint density at radius 3 is 2.36 bits per heavy atom. The van der Waals surface area contributed by atoms with E-state index in [1.54, 1.807) is 11.6 Å². The first-order chi connectivity index (χ1) is 13.6. The second-order valence-corrected chi connectivity index (χ2v) is 7.53. The lowest BCUT2D eigenvalue weighted by atomic mass is 9.83. The Kier molecular flexibility index (Phi) is 5.03. The van der Waals surface area contributed by atoms with E-state index < -0.39 is 0 Å². The zero-order chi connectivity index (χ0) is 19.7. The summed E-state index contributed by atoms with van der Waals surface area (Å²) >= 11 is 0. The van der Waals surface area contributed by atoms with Gasteiger partial charge in [0.15, 0.2) is 5.78 Å². The maximum atomic E-state index is 13.2. The van der Waals surface area contributed by atoms with Gasteiger partial charge in [0.1, 0.15) is 5.69 Å². The number of rotatable bonds is 7. The van der Waals surface area contributed by atoms with Crippen molar-refractivity contribution in [2.24, 2.45) is 7.05 Å². The SMILES string of the molecule is CCCCCCCNc1c2c3c(cccc3n(C)c1=O)C(=O)c1ccccc1-2. The molecule has 0 unspecified atom stereocenters. The molecule has 1 heterocycles. The molecule has 0 atom stereocenters. The van der Waals surface area contributed by atoms with Gasteiger partial charge in [-0.15, -0.1) is 0 Å². The van der Waals surface area contributed by atoms with Gasteiger partial charge in [-0.05, 0) is 18.1 Å². The summed E-state index contributed by atoms with van der Waals surface area (Å²) in [5.41, 5.74) is 4.43. The highest BCUT2D eigenvalue weighted by atomic mass is 16.1. The Labute approximate surface area is 165 Å². The van der Waals surface area contributed by atoms with Gasteiger partial charge in [-0.25, -0.2) is 0 Å². The van der Waals surface area contributed by atoms with Crippen LogP contribution in [-0.2, 0) is 7.05 Å². The summed E-state index contributed by atoms with van der Waals surface area (Å²) in [6, 6.07) is 13.2. The molecule has 4 rings (SSSR count). The van der Waals surface area contributed by atoms with Crippen molar-refractivity contribution >= 4 is 22.4 Å². The first kappa shape index (κ1) is 18.5. The molecule has 0 radical (unpaired) electrons. The third-order valence-corrected chi connectivity index (χ3v) is 5.69. The van der Waals surface area contributed by atoms with Crippen molar-refractivity contribution in [3.63, 3.8) is 0 Å². The first-order valence-corrected chi connectivity index (χ1v) is 10.2. The fraction of sp³-hybridized carbons (Fsp3) is 0.333. The maximum Gasteiger partial charge on any atom is 0.274 e. The molecule has 2 aromatic carbocycles. The zero-order valence-electron chi connectivity index (χ0n) is 16.5. The number of unbranched alkanes of at least 4 members (excludes halogenated alkanes) is 4. The van der Waals surface area contributed by atoms with Gasteiger partial charge in [-0.3, -0.25) is 9.59 Å². The monoisotopic (exact) mass is 374 g/mol. The molecule has 3 aromatic rings. The Morgan fingerprint density at radius 2 is 1.57 bits per heavy atom. The van der Waals surface area contributed by atoms with Gasteiger partial charge in [0, 0.05) is 35.7 Å². The van der Waals surface area contributed by atoms with Crippen LogP contribution in [0.2, 0.25) is 0 Å². The highest BCUT2D eigenvalue weighted by molar-refractivity contribution is 6.26. The van der Waals surface area contributed by atoms with Crippen LogP contribution in [0.15, 0.2) is 47.3 Å². The van der Waals surface area contributed by atoms with E-state index in [1.165, 1.54) is 19.3 Å². The lowest BCUT2D eigenvalue weighted by Gasteiger charge is -2.24. The minimum atomic E-state index is -0.0441. The second kappa shape index (κ2) is 7.63. The van der Waals surface area contributed by atoms with Gasteiger partial charge < -0.3 is 9.88 Å². The van der Waals surface area contributed by atoms with E-state index in [0.717, 1.165) is 41.4 Å². The molecule has 0 saturated carbocycles. The van der Waals surface area contributed by atoms with Gasteiger partial charge in [0.2, 0.25) is 0 Å². The number of aryl methyl sites for hydroxylation is 1. The fourth-order valence-electron chi connectivity index (χ4n) is 4.20. The van der Waals surface area contributed by atoms with E-state index in [-0.39, 0.29) is 11.3 Å². The fourth-order valence-corrected chi connectivity index (χ4v) is 4.20. The molecule has 0 saturated heterocycles. The molecular weight excluding hydrogens is 348 g/mol. The number of hydrogen-bond donors (Lipinski definition) is 1. The number of nitrogens with zero attached hydrogens (tertiary/aromatic N) is 1. The van der Waals surface area contributed by atoms with Crippen molar-refractivity contribution in [3.05, 3.63) is 63.9 Å². The van der Waals surface area contributed by atoms with Crippen LogP contribution in [0.5, 0.6) is 0 Å². The van der Waals surface area contributed by atoms with E-state index in [2.05, 4.69) is 12.2 Å². The smallest absolute Gasteiger partial charge is 0.274 e. The summed E-state index contributed by atoms with van der Waals surface area (Å²) in [7, 11) is 1.78. The predicted octanol–water partition coefficient (Wildman–Crippen LogP) is 5.13. The number of carbonyl (C=O) groups excluding carboxylic acids is 1. The lowest BCUT2D eigenvalue weighted by molar-refractivity contribution is 0.104. The van der Waals surface area contributed by atoms with Crippen LogP contribution < -0.4 is 10.9 Å². The van der Waals surface area contributed by atoms with Crippen molar-refractivity contribution in [3.8, 4) is 11.1 Å². The van der Waals surface area contributed by atoms with E-state index in [9.17, 15) is 9.59 Å². The average Bonchev–Trinajstić information content (AvgIpc) is 2.72. The maximum absolute atomic E-state index is 13.2. The Morgan fingerprint density at radius 1 is 0.857 bits per heavy atom. The molecule has 0 fully saturated rings. The lowest BCUT2D eigenvalue weighted by Crippen LogP contribution is -2.25. The summed E-state index contributed by atoms with van der Waals surface area (Å²) in [4.78, 5) is 26.2. The van der Waals surface area contributed by atoms with Gasteiger partial charge in [0.05, 0.1) is 5.52 Å². The normalized spacial score (nSPS) is 12.3. The zero-order valence-corrected chi connectivity index (χ0v) is 16.5. The molecule has 0 spiro atoms.